The van der Waals surface area contributed by atoms with Gasteiger partial charge in [0, 0.05) is 23.8 Å². The number of carbonyl (C=O) groups excluding carboxylic acids is 1. The summed E-state index contributed by atoms with van der Waals surface area (Å²) < 4.78 is 5.18. The number of benzene rings is 1. The number of hydrogen-bond donors (Lipinski definition) is 3. The van der Waals surface area contributed by atoms with Gasteiger partial charge in [-0.05, 0) is 45.4 Å². The molecule has 0 aromatic heterocycles. The molecule has 1 aromatic rings. The first-order chi connectivity index (χ1) is 9.71. The maximum atomic E-state index is 11.6. The van der Waals surface area contributed by atoms with Gasteiger partial charge in [0.05, 0.1) is 6.04 Å². The Morgan fingerprint density at radius 3 is 2.62 bits per heavy atom. The van der Waals surface area contributed by atoms with Gasteiger partial charge in [-0.2, -0.15) is 0 Å². The summed E-state index contributed by atoms with van der Waals surface area (Å²) in [7, 11) is 0. The van der Waals surface area contributed by atoms with E-state index in [0.717, 1.165) is 11.3 Å². The zero-order chi connectivity index (χ0) is 16.0. The van der Waals surface area contributed by atoms with Gasteiger partial charge in [0.1, 0.15) is 5.60 Å². The molecule has 4 N–H and O–H groups in total. The monoisotopic (exact) mass is 313 g/mol. The van der Waals surface area contributed by atoms with Crippen molar-refractivity contribution in [2.24, 2.45) is 5.73 Å². The van der Waals surface area contributed by atoms with E-state index in [-0.39, 0.29) is 6.04 Å². The topological polar surface area (TPSA) is 76.4 Å². The predicted octanol–water partition coefficient (Wildman–Crippen LogP) is 2.91. The maximum Gasteiger partial charge on any atom is 0.407 e. The summed E-state index contributed by atoms with van der Waals surface area (Å²) in [6.45, 7) is 8.15. The van der Waals surface area contributed by atoms with E-state index in [9.17, 15) is 4.79 Å². The summed E-state index contributed by atoms with van der Waals surface area (Å²) in [6.07, 6.45) is -0.454. The Morgan fingerprint density at radius 2 is 2.10 bits per heavy atom. The number of ether oxygens (including phenoxy) is 1. The van der Waals surface area contributed by atoms with Crippen LogP contribution in [-0.4, -0.2) is 30.8 Å². The molecule has 0 heterocycles. The zero-order valence-corrected chi connectivity index (χ0v) is 13.8. The molecule has 0 aliphatic carbocycles. The van der Waals surface area contributed by atoms with Crippen molar-refractivity contribution in [1.82, 2.24) is 5.32 Å². The quantitative estimate of drug-likeness (QED) is 0.781. The lowest BCUT2D eigenvalue weighted by Crippen LogP contribution is -2.42. The Kier molecular flexibility index (Phi) is 6.30. The van der Waals surface area contributed by atoms with Crippen LogP contribution in [0.15, 0.2) is 18.2 Å². The summed E-state index contributed by atoms with van der Waals surface area (Å²) in [5.41, 5.74) is 7.08. The summed E-state index contributed by atoms with van der Waals surface area (Å²) in [5, 5.41) is 6.63. The number of anilines is 1. The molecule has 0 spiro atoms. The van der Waals surface area contributed by atoms with Crippen LogP contribution in [0, 0.1) is 6.92 Å². The Labute approximate surface area is 131 Å². The van der Waals surface area contributed by atoms with Crippen molar-refractivity contribution in [3.63, 3.8) is 0 Å². The molecule has 0 aliphatic rings. The van der Waals surface area contributed by atoms with Crippen molar-refractivity contribution < 1.29 is 9.53 Å². The van der Waals surface area contributed by atoms with Crippen LogP contribution < -0.4 is 16.4 Å². The Hall–Kier alpha value is -1.46. The van der Waals surface area contributed by atoms with Crippen molar-refractivity contribution in [1.29, 1.82) is 0 Å². The molecular weight excluding hydrogens is 290 g/mol. The Bertz CT molecular complexity index is 486. The smallest absolute Gasteiger partial charge is 0.407 e. The van der Waals surface area contributed by atoms with E-state index >= 15 is 0 Å². The van der Waals surface area contributed by atoms with Crippen LogP contribution in [0.25, 0.3) is 0 Å². The number of nitrogens with one attached hydrogen (secondary N) is 2. The van der Waals surface area contributed by atoms with Gasteiger partial charge >= 0.3 is 6.09 Å². The third-order valence-corrected chi connectivity index (χ3v) is 3.13. The van der Waals surface area contributed by atoms with Gasteiger partial charge in [0.25, 0.3) is 0 Å². The van der Waals surface area contributed by atoms with Crippen molar-refractivity contribution in [2.75, 3.05) is 18.4 Å². The molecule has 1 atom stereocenters. The van der Waals surface area contributed by atoms with Gasteiger partial charge in [0.15, 0.2) is 0 Å². The molecular formula is C15H24ClN3O2. The van der Waals surface area contributed by atoms with Crippen LogP contribution in [-0.2, 0) is 4.74 Å². The second-order valence-electron chi connectivity index (χ2n) is 5.92. The van der Waals surface area contributed by atoms with Crippen LogP contribution in [0.2, 0.25) is 5.02 Å². The molecule has 0 radical (unpaired) electrons. The number of hydrogen-bond acceptors (Lipinski definition) is 4. The molecule has 0 saturated heterocycles. The minimum absolute atomic E-state index is 0.101. The average Bonchev–Trinajstić information content (AvgIpc) is 2.36. The van der Waals surface area contributed by atoms with Crippen molar-refractivity contribution >= 4 is 23.4 Å². The SMILES string of the molecule is Cc1ccc(NC(CN)CNC(=O)OC(C)(C)C)cc1Cl. The average molecular weight is 314 g/mol. The van der Waals surface area contributed by atoms with Crippen LogP contribution in [0.4, 0.5) is 10.5 Å². The van der Waals surface area contributed by atoms with E-state index in [2.05, 4.69) is 10.6 Å². The molecule has 1 unspecified atom stereocenters. The fraction of sp³-hybridized carbons (Fsp3) is 0.533. The number of halogens is 1. The molecule has 5 nitrogen and oxygen atoms in total. The molecule has 6 heteroatoms. The summed E-state index contributed by atoms with van der Waals surface area (Å²) in [5.74, 6) is 0. The van der Waals surface area contributed by atoms with Crippen LogP contribution in [0.1, 0.15) is 26.3 Å². The van der Waals surface area contributed by atoms with Crippen molar-refractivity contribution in [3.05, 3.63) is 28.8 Å². The second-order valence-corrected chi connectivity index (χ2v) is 6.33. The van der Waals surface area contributed by atoms with E-state index in [1.54, 1.807) is 0 Å². The first-order valence-corrected chi connectivity index (χ1v) is 7.28. The number of carbonyl (C=O) groups is 1. The minimum Gasteiger partial charge on any atom is -0.444 e. The normalized spacial score (nSPS) is 12.7. The van der Waals surface area contributed by atoms with Gasteiger partial charge in [-0.1, -0.05) is 17.7 Å². The molecule has 21 heavy (non-hydrogen) atoms. The highest BCUT2D eigenvalue weighted by atomic mass is 35.5. The molecule has 1 aromatic carbocycles. The van der Waals surface area contributed by atoms with Crippen LogP contribution in [0.3, 0.4) is 0 Å². The standard InChI is InChI=1S/C15H24ClN3O2/c1-10-5-6-11(7-13(10)16)19-12(8-17)9-18-14(20)21-15(2,3)4/h5-7,12,19H,8-9,17H2,1-4H3,(H,18,20). The number of nitrogens with two attached hydrogens (primary N) is 1. The number of amides is 1. The molecule has 0 saturated carbocycles. The lowest BCUT2D eigenvalue weighted by molar-refractivity contribution is 0.0526. The Balaban J connectivity index is 2.51. The molecule has 0 bridgehead atoms. The number of rotatable bonds is 5. The van der Waals surface area contributed by atoms with E-state index in [1.165, 1.54) is 0 Å². The minimum atomic E-state index is -0.514. The third-order valence-electron chi connectivity index (χ3n) is 2.72. The van der Waals surface area contributed by atoms with Crippen LogP contribution >= 0.6 is 11.6 Å². The maximum absolute atomic E-state index is 11.6. The highest BCUT2D eigenvalue weighted by Gasteiger charge is 2.17. The summed E-state index contributed by atoms with van der Waals surface area (Å²) in [6, 6.07) is 5.60. The molecule has 0 aliphatic heterocycles. The molecule has 1 amide bonds. The first kappa shape index (κ1) is 17.6. The van der Waals surface area contributed by atoms with Crippen molar-refractivity contribution in [3.8, 4) is 0 Å². The number of alkyl carbamates (subject to hydrolysis) is 1. The molecule has 1 rings (SSSR count). The third kappa shape index (κ3) is 6.69. The highest BCUT2D eigenvalue weighted by molar-refractivity contribution is 6.31. The van der Waals surface area contributed by atoms with Gasteiger partial charge in [0.2, 0.25) is 0 Å². The lowest BCUT2D eigenvalue weighted by Gasteiger charge is -2.22. The zero-order valence-electron chi connectivity index (χ0n) is 13.0. The fourth-order valence-corrected chi connectivity index (χ4v) is 1.81. The molecule has 118 valence electrons. The van der Waals surface area contributed by atoms with Gasteiger partial charge in [-0.25, -0.2) is 4.79 Å². The highest BCUT2D eigenvalue weighted by Crippen LogP contribution is 2.20. The van der Waals surface area contributed by atoms with E-state index in [4.69, 9.17) is 22.1 Å². The second kappa shape index (κ2) is 7.52. The molecule has 0 fully saturated rings. The summed E-state index contributed by atoms with van der Waals surface area (Å²) >= 11 is 6.08. The van der Waals surface area contributed by atoms with Gasteiger partial charge < -0.3 is 21.1 Å². The van der Waals surface area contributed by atoms with Crippen LogP contribution in [0.5, 0.6) is 0 Å². The summed E-state index contributed by atoms with van der Waals surface area (Å²) in [4.78, 5) is 11.6. The van der Waals surface area contributed by atoms with E-state index < -0.39 is 11.7 Å². The first-order valence-electron chi connectivity index (χ1n) is 6.91. The Morgan fingerprint density at radius 1 is 1.43 bits per heavy atom. The van der Waals surface area contributed by atoms with E-state index in [0.29, 0.717) is 18.1 Å². The fourth-order valence-electron chi connectivity index (χ4n) is 1.63. The van der Waals surface area contributed by atoms with Crippen molar-refractivity contribution in [2.45, 2.75) is 39.3 Å². The lowest BCUT2D eigenvalue weighted by atomic mass is 10.2. The van der Waals surface area contributed by atoms with Gasteiger partial charge in [-0.3, -0.25) is 0 Å². The van der Waals surface area contributed by atoms with Gasteiger partial charge in [-0.15, -0.1) is 0 Å². The largest absolute Gasteiger partial charge is 0.444 e. The van der Waals surface area contributed by atoms with E-state index in [1.807, 2.05) is 45.9 Å². The predicted molar refractivity (Wildman–Crippen MR) is 86.9 cm³/mol. The number of aryl methyl sites for hydroxylation is 1.